The van der Waals surface area contributed by atoms with E-state index in [9.17, 15) is 18.4 Å². The molecule has 0 saturated heterocycles. The Hall–Kier alpha value is -2.76. The van der Waals surface area contributed by atoms with E-state index in [0.29, 0.717) is 11.8 Å². The molecule has 0 aliphatic carbocycles. The van der Waals surface area contributed by atoms with E-state index >= 15 is 0 Å². The molecule has 0 fully saturated rings. The monoisotopic (exact) mass is 305 g/mol. The molecule has 4 nitrogen and oxygen atoms in total. The number of nitrogens with one attached hydrogen (secondary N) is 1. The largest absolute Gasteiger partial charge is 0.449 e. The third-order valence-electron chi connectivity index (χ3n) is 2.79. The highest BCUT2D eigenvalue weighted by Gasteiger charge is 2.20. The Morgan fingerprint density at radius 1 is 1.05 bits per heavy atom. The number of benzene rings is 2. The number of carbonyl (C=O) groups is 2. The summed E-state index contributed by atoms with van der Waals surface area (Å²) in [4.78, 5) is 23.7. The number of amides is 1. The van der Waals surface area contributed by atoms with Crippen molar-refractivity contribution in [1.29, 1.82) is 0 Å². The van der Waals surface area contributed by atoms with E-state index in [1.54, 1.807) is 30.3 Å². The van der Waals surface area contributed by atoms with Crippen molar-refractivity contribution in [3.8, 4) is 0 Å². The standard InChI is InChI=1S/C16H13F2NO3/c1-10(15(20)19-14-5-3-2-4-6-14)22-16(21)11-7-12(17)9-13(18)8-11/h2-10H,1H3,(H,19,20)/t10-/m0/s1. The number of hydrogen-bond acceptors (Lipinski definition) is 3. The number of esters is 1. The second-order valence-electron chi connectivity index (χ2n) is 4.56. The normalized spacial score (nSPS) is 11.6. The Morgan fingerprint density at radius 3 is 2.23 bits per heavy atom. The highest BCUT2D eigenvalue weighted by molar-refractivity contribution is 5.97. The molecule has 0 radical (unpaired) electrons. The van der Waals surface area contributed by atoms with Gasteiger partial charge in [-0.3, -0.25) is 4.79 Å². The smallest absolute Gasteiger partial charge is 0.339 e. The van der Waals surface area contributed by atoms with Gasteiger partial charge in [0, 0.05) is 11.8 Å². The zero-order valence-corrected chi connectivity index (χ0v) is 11.7. The summed E-state index contributed by atoms with van der Waals surface area (Å²) in [5.41, 5.74) is 0.254. The van der Waals surface area contributed by atoms with Crippen molar-refractivity contribution in [1.82, 2.24) is 0 Å². The highest BCUT2D eigenvalue weighted by atomic mass is 19.1. The first kappa shape index (κ1) is 15.6. The van der Waals surface area contributed by atoms with E-state index in [1.165, 1.54) is 6.92 Å². The van der Waals surface area contributed by atoms with Gasteiger partial charge >= 0.3 is 5.97 Å². The molecule has 2 aromatic carbocycles. The molecule has 0 aromatic heterocycles. The summed E-state index contributed by atoms with van der Waals surface area (Å²) in [7, 11) is 0. The molecule has 1 amide bonds. The number of carbonyl (C=O) groups excluding carboxylic acids is 2. The van der Waals surface area contributed by atoms with E-state index in [4.69, 9.17) is 4.74 Å². The fraction of sp³-hybridized carbons (Fsp3) is 0.125. The van der Waals surface area contributed by atoms with Gasteiger partial charge in [-0.2, -0.15) is 0 Å². The number of para-hydroxylation sites is 1. The molecule has 0 aliphatic rings. The van der Waals surface area contributed by atoms with Crippen molar-refractivity contribution in [2.45, 2.75) is 13.0 Å². The number of anilines is 1. The van der Waals surface area contributed by atoms with Crippen molar-refractivity contribution < 1.29 is 23.1 Å². The predicted octanol–water partition coefficient (Wildman–Crippen LogP) is 3.15. The van der Waals surface area contributed by atoms with Crippen LogP contribution >= 0.6 is 0 Å². The maximum Gasteiger partial charge on any atom is 0.339 e. The zero-order valence-electron chi connectivity index (χ0n) is 11.7. The molecule has 114 valence electrons. The zero-order chi connectivity index (χ0) is 16.1. The Balaban J connectivity index is 2.00. The Labute approximate surface area is 125 Å². The van der Waals surface area contributed by atoms with Crippen LogP contribution in [0.2, 0.25) is 0 Å². The summed E-state index contributed by atoms with van der Waals surface area (Å²) >= 11 is 0. The first-order chi connectivity index (χ1) is 10.5. The maximum absolute atomic E-state index is 13.0. The summed E-state index contributed by atoms with van der Waals surface area (Å²) in [6.07, 6.45) is -1.11. The molecular formula is C16H13F2NO3. The topological polar surface area (TPSA) is 55.4 Å². The second kappa shape index (κ2) is 6.80. The van der Waals surface area contributed by atoms with Gasteiger partial charge < -0.3 is 10.1 Å². The molecule has 0 saturated carbocycles. The molecule has 0 heterocycles. The third kappa shape index (κ3) is 4.12. The van der Waals surface area contributed by atoms with Crippen LogP contribution in [0.3, 0.4) is 0 Å². The molecule has 2 aromatic rings. The molecule has 0 bridgehead atoms. The number of hydrogen-bond donors (Lipinski definition) is 1. The van der Waals surface area contributed by atoms with E-state index in [0.717, 1.165) is 12.1 Å². The van der Waals surface area contributed by atoms with Gasteiger partial charge in [-0.15, -0.1) is 0 Å². The van der Waals surface area contributed by atoms with Crippen molar-refractivity contribution in [2.24, 2.45) is 0 Å². The number of ether oxygens (including phenoxy) is 1. The van der Waals surface area contributed by atoms with Gasteiger partial charge in [-0.25, -0.2) is 13.6 Å². The van der Waals surface area contributed by atoms with Crippen LogP contribution in [0.1, 0.15) is 17.3 Å². The molecule has 2 rings (SSSR count). The molecule has 6 heteroatoms. The van der Waals surface area contributed by atoms with E-state index < -0.39 is 29.6 Å². The van der Waals surface area contributed by atoms with Crippen LogP contribution in [0.25, 0.3) is 0 Å². The van der Waals surface area contributed by atoms with Gasteiger partial charge in [0.05, 0.1) is 5.56 Å². The SMILES string of the molecule is C[C@H](OC(=O)c1cc(F)cc(F)c1)C(=O)Nc1ccccc1. The summed E-state index contributed by atoms with van der Waals surface area (Å²) < 4.78 is 31.0. The average molecular weight is 305 g/mol. The Kier molecular flexibility index (Phi) is 4.83. The van der Waals surface area contributed by atoms with Gasteiger partial charge in [0.1, 0.15) is 11.6 Å². The van der Waals surface area contributed by atoms with Crippen LogP contribution in [0.4, 0.5) is 14.5 Å². The van der Waals surface area contributed by atoms with Gasteiger partial charge in [-0.1, -0.05) is 18.2 Å². The molecule has 22 heavy (non-hydrogen) atoms. The lowest BCUT2D eigenvalue weighted by molar-refractivity contribution is -0.123. The summed E-state index contributed by atoms with van der Waals surface area (Å²) in [6.45, 7) is 1.37. The van der Waals surface area contributed by atoms with Crippen LogP contribution in [0, 0.1) is 11.6 Å². The minimum atomic E-state index is -1.11. The lowest BCUT2D eigenvalue weighted by atomic mass is 10.2. The van der Waals surface area contributed by atoms with Gasteiger partial charge in [0.2, 0.25) is 0 Å². The first-order valence-corrected chi connectivity index (χ1v) is 6.48. The quantitative estimate of drug-likeness (QED) is 0.883. The third-order valence-corrected chi connectivity index (χ3v) is 2.79. The predicted molar refractivity (Wildman–Crippen MR) is 76.3 cm³/mol. The van der Waals surface area contributed by atoms with Crippen molar-refractivity contribution in [3.05, 3.63) is 65.7 Å². The van der Waals surface area contributed by atoms with Crippen molar-refractivity contribution in [2.75, 3.05) is 5.32 Å². The lowest BCUT2D eigenvalue weighted by Gasteiger charge is -2.13. The van der Waals surface area contributed by atoms with Crippen LogP contribution in [-0.4, -0.2) is 18.0 Å². The van der Waals surface area contributed by atoms with E-state index in [-0.39, 0.29) is 5.56 Å². The molecule has 1 N–H and O–H groups in total. The minimum Gasteiger partial charge on any atom is -0.449 e. The summed E-state index contributed by atoms with van der Waals surface area (Å²) in [5.74, 6) is -3.31. The van der Waals surface area contributed by atoms with Gasteiger partial charge in [-0.05, 0) is 31.2 Å². The van der Waals surface area contributed by atoms with Gasteiger partial charge in [0.25, 0.3) is 5.91 Å². The Morgan fingerprint density at radius 2 is 1.64 bits per heavy atom. The van der Waals surface area contributed by atoms with Crippen molar-refractivity contribution >= 4 is 17.6 Å². The minimum absolute atomic E-state index is 0.295. The number of rotatable bonds is 4. The number of halogens is 2. The Bertz CT molecular complexity index is 669. The second-order valence-corrected chi connectivity index (χ2v) is 4.56. The van der Waals surface area contributed by atoms with E-state index in [1.807, 2.05) is 0 Å². The van der Waals surface area contributed by atoms with Crippen LogP contribution in [-0.2, 0) is 9.53 Å². The van der Waals surface area contributed by atoms with Crippen molar-refractivity contribution in [3.63, 3.8) is 0 Å². The fourth-order valence-electron chi connectivity index (χ4n) is 1.72. The molecule has 0 unspecified atom stereocenters. The summed E-state index contributed by atoms with van der Waals surface area (Å²) in [6, 6.07) is 10.9. The van der Waals surface area contributed by atoms with Gasteiger partial charge in [0.15, 0.2) is 6.10 Å². The van der Waals surface area contributed by atoms with Crippen LogP contribution in [0.5, 0.6) is 0 Å². The van der Waals surface area contributed by atoms with Crippen LogP contribution in [0.15, 0.2) is 48.5 Å². The van der Waals surface area contributed by atoms with Crippen LogP contribution < -0.4 is 5.32 Å². The average Bonchev–Trinajstić information content (AvgIpc) is 2.47. The molecule has 0 aliphatic heterocycles. The fourth-order valence-corrected chi connectivity index (χ4v) is 1.72. The van der Waals surface area contributed by atoms with E-state index in [2.05, 4.69) is 5.32 Å². The molecular weight excluding hydrogens is 292 g/mol. The molecule has 1 atom stereocenters. The maximum atomic E-state index is 13.0. The summed E-state index contributed by atoms with van der Waals surface area (Å²) in [5, 5.41) is 2.56. The molecule has 0 spiro atoms. The lowest BCUT2D eigenvalue weighted by Crippen LogP contribution is -2.30. The first-order valence-electron chi connectivity index (χ1n) is 6.48. The highest BCUT2D eigenvalue weighted by Crippen LogP contribution is 2.11.